The number of hydrogen-bond donors (Lipinski definition) is 0. The molecule has 4 nitrogen and oxygen atoms in total. The van der Waals surface area contributed by atoms with Gasteiger partial charge in [-0.25, -0.2) is 0 Å². The van der Waals surface area contributed by atoms with Gasteiger partial charge in [0.25, 0.3) is 5.56 Å². The van der Waals surface area contributed by atoms with Crippen LogP contribution in [0.2, 0.25) is 0 Å². The quantitative estimate of drug-likeness (QED) is 0.525. The van der Waals surface area contributed by atoms with Crippen LogP contribution in [-0.2, 0) is 21.6 Å². The first-order valence-corrected chi connectivity index (χ1v) is 10.7. The second-order valence-corrected chi connectivity index (χ2v) is 8.68. The molecule has 1 aromatic heterocycles. The number of benzene rings is 2. The first-order valence-electron chi connectivity index (χ1n) is 9.91. The van der Waals surface area contributed by atoms with Gasteiger partial charge in [0.1, 0.15) is 6.54 Å². The SMILES string of the molecule is COC1(c2cccc(Sc3ccc4c(ccc(=O)n4CC(F)(F)F)c3)c2)CCOCC1. The van der Waals surface area contributed by atoms with Gasteiger partial charge in [-0.1, -0.05) is 23.9 Å². The second kappa shape index (κ2) is 8.68. The Bertz CT molecular complexity index is 1140. The van der Waals surface area contributed by atoms with Crippen LogP contribution in [0.25, 0.3) is 10.9 Å². The largest absolute Gasteiger partial charge is 0.406 e. The maximum Gasteiger partial charge on any atom is 0.406 e. The number of aromatic nitrogens is 1. The molecule has 4 rings (SSSR count). The van der Waals surface area contributed by atoms with Crippen molar-refractivity contribution < 1.29 is 22.6 Å². The minimum atomic E-state index is -4.46. The van der Waals surface area contributed by atoms with E-state index in [9.17, 15) is 18.0 Å². The van der Waals surface area contributed by atoms with Crippen LogP contribution in [-0.4, -0.2) is 31.1 Å². The van der Waals surface area contributed by atoms with Crippen molar-refractivity contribution in [1.82, 2.24) is 4.57 Å². The van der Waals surface area contributed by atoms with Gasteiger partial charge in [0, 0.05) is 49.0 Å². The lowest BCUT2D eigenvalue weighted by Crippen LogP contribution is -2.35. The number of fused-ring (bicyclic) bond motifs is 1. The number of halogens is 3. The van der Waals surface area contributed by atoms with Crippen molar-refractivity contribution >= 4 is 22.7 Å². The lowest BCUT2D eigenvalue weighted by atomic mass is 9.86. The van der Waals surface area contributed by atoms with Crippen molar-refractivity contribution in [1.29, 1.82) is 0 Å². The van der Waals surface area contributed by atoms with Gasteiger partial charge in [-0.3, -0.25) is 9.36 Å². The van der Waals surface area contributed by atoms with Crippen LogP contribution in [0.5, 0.6) is 0 Å². The molecule has 3 aromatic rings. The number of pyridine rings is 1. The van der Waals surface area contributed by atoms with Crippen molar-refractivity contribution in [2.45, 2.75) is 41.0 Å². The summed E-state index contributed by atoms with van der Waals surface area (Å²) >= 11 is 1.52. The summed E-state index contributed by atoms with van der Waals surface area (Å²) in [5.41, 5.74) is 0.317. The van der Waals surface area contributed by atoms with Gasteiger partial charge in [0.15, 0.2) is 0 Å². The molecule has 8 heteroatoms. The van der Waals surface area contributed by atoms with Crippen molar-refractivity contribution in [2.75, 3.05) is 20.3 Å². The van der Waals surface area contributed by atoms with E-state index in [1.54, 1.807) is 31.4 Å². The third-order valence-corrected chi connectivity index (χ3v) is 6.57. The number of rotatable bonds is 5. The number of nitrogens with zero attached hydrogens (tertiary/aromatic N) is 1. The summed E-state index contributed by atoms with van der Waals surface area (Å²) in [6.45, 7) is -0.00838. The zero-order valence-electron chi connectivity index (χ0n) is 16.9. The van der Waals surface area contributed by atoms with Gasteiger partial charge in [0.2, 0.25) is 0 Å². The molecule has 1 fully saturated rings. The fraction of sp³-hybridized carbons (Fsp3) is 0.348. The first kappa shape index (κ1) is 21.9. The molecule has 0 aliphatic carbocycles. The van der Waals surface area contributed by atoms with Crippen LogP contribution in [0.1, 0.15) is 18.4 Å². The fourth-order valence-electron chi connectivity index (χ4n) is 3.98. The van der Waals surface area contributed by atoms with Gasteiger partial charge >= 0.3 is 6.18 Å². The minimum Gasteiger partial charge on any atom is -0.381 e. The average Bonchev–Trinajstić information content (AvgIpc) is 2.76. The van der Waals surface area contributed by atoms with Gasteiger partial charge in [-0.05, 0) is 47.3 Å². The molecule has 0 amide bonds. The Kier molecular flexibility index (Phi) is 6.14. The zero-order valence-corrected chi connectivity index (χ0v) is 17.8. The number of ether oxygens (including phenoxy) is 2. The smallest absolute Gasteiger partial charge is 0.381 e. The molecule has 0 N–H and O–H groups in total. The topological polar surface area (TPSA) is 40.5 Å². The molecule has 2 heterocycles. The van der Waals surface area contributed by atoms with E-state index in [0.717, 1.165) is 32.8 Å². The van der Waals surface area contributed by atoms with E-state index in [1.165, 1.54) is 17.8 Å². The molecule has 1 aliphatic heterocycles. The molecule has 0 saturated carbocycles. The molecule has 0 radical (unpaired) electrons. The maximum atomic E-state index is 12.9. The van der Waals surface area contributed by atoms with Crippen LogP contribution in [0.4, 0.5) is 13.2 Å². The third kappa shape index (κ3) is 4.81. The molecule has 0 atom stereocenters. The summed E-state index contributed by atoms with van der Waals surface area (Å²) in [6.07, 6.45) is -2.90. The van der Waals surface area contributed by atoms with Crippen molar-refractivity contribution in [3.8, 4) is 0 Å². The number of methoxy groups -OCH3 is 1. The summed E-state index contributed by atoms with van der Waals surface area (Å²) in [5.74, 6) is 0. The van der Waals surface area contributed by atoms with Gasteiger partial charge < -0.3 is 9.47 Å². The Morgan fingerprint density at radius 2 is 1.81 bits per heavy atom. The molecule has 164 valence electrons. The predicted molar refractivity (Wildman–Crippen MR) is 114 cm³/mol. The number of hydrogen-bond acceptors (Lipinski definition) is 4. The van der Waals surface area contributed by atoms with E-state index in [0.29, 0.717) is 18.6 Å². The fourth-order valence-corrected chi connectivity index (χ4v) is 4.91. The molecular weight excluding hydrogens is 427 g/mol. The molecule has 2 aromatic carbocycles. The van der Waals surface area contributed by atoms with Crippen molar-refractivity contribution in [2.24, 2.45) is 0 Å². The van der Waals surface area contributed by atoms with Gasteiger partial charge in [-0.2, -0.15) is 13.2 Å². The molecular formula is C23H22F3NO3S. The highest BCUT2D eigenvalue weighted by Crippen LogP contribution is 2.38. The van der Waals surface area contributed by atoms with E-state index >= 15 is 0 Å². The highest BCUT2D eigenvalue weighted by molar-refractivity contribution is 7.99. The Hall–Kier alpha value is -2.29. The second-order valence-electron chi connectivity index (χ2n) is 7.53. The van der Waals surface area contributed by atoms with Crippen molar-refractivity contribution in [3.05, 3.63) is 70.5 Å². The average molecular weight is 449 g/mol. The lowest BCUT2D eigenvalue weighted by molar-refractivity contribution is -0.140. The lowest BCUT2D eigenvalue weighted by Gasteiger charge is -2.36. The van der Waals surface area contributed by atoms with Crippen LogP contribution in [0, 0.1) is 0 Å². The Balaban J connectivity index is 1.64. The summed E-state index contributed by atoms with van der Waals surface area (Å²) in [4.78, 5) is 13.8. The molecule has 0 spiro atoms. The van der Waals surface area contributed by atoms with Crippen LogP contribution >= 0.6 is 11.8 Å². The highest BCUT2D eigenvalue weighted by Gasteiger charge is 2.34. The van der Waals surface area contributed by atoms with E-state index < -0.39 is 18.3 Å². The van der Waals surface area contributed by atoms with Crippen molar-refractivity contribution in [3.63, 3.8) is 0 Å². The zero-order chi connectivity index (χ0) is 22.1. The summed E-state index contributed by atoms with van der Waals surface area (Å²) in [5, 5.41) is 0.586. The maximum absolute atomic E-state index is 12.9. The van der Waals surface area contributed by atoms with Crippen LogP contribution in [0.15, 0.2) is 69.2 Å². The van der Waals surface area contributed by atoms with Gasteiger partial charge in [-0.15, -0.1) is 0 Å². The Morgan fingerprint density at radius 3 is 2.52 bits per heavy atom. The predicted octanol–water partition coefficient (Wildman–Crippen LogP) is 5.37. The van der Waals surface area contributed by atoms with Gasteiger partial charge in [0.05, 0.1) is 11.1 Å². The molecule has 1 saturated heterocycles. The minimum absolute atomic E-state index is 0.267. The summed E-state index contributed by atoms with van der Waals surface area (Å²) in [6, 6.07) is 16.0. The monoisotopic (exact) mass is 449 g/mol. The van der Waals surface area contributed by atoms with E-state index in [4.69, 9.17) is 9.47 Å². The summed E-state index contributed by atoms with van der Waals surface area (Å²) in [7, 11) is 1.72. The molecule has 31 heavy (non-hydrogen) atoms. The Morgan fingerprint density at radius 1 is 1.06 bits per heavy atom. The highest BCUT2D eigenvalue weighted by atomic mass is 32.2. The Labute approximate surface area is 182 Å². The van der Waals surface area contributed by atoms with Crippen LogP contribution < -0.4 is 5.56 Å². The van der Waals surface area contributed by atoms with E-state index in [-0.39, 0.29) is 11.1 Å². The molecule has 0 unspecified atom stereocenters. The first-order chi connectivity index (χ1) is 14.8. The number of alkyl halides is 3. The van der Waals surface area contributed by atoms with E-state index in [2.05, 4.69) is 12.1 Å². The third-order valence-electron chi connectivity index (χ3n) is 5.59. The normalized spacial score (nSPS) is 16.5. The molecule has 0 bridgehead atoms. The van der Waals surface area contributed by atoms with E-state index in [1.807, 2.05) is 12.1 Å². The molecule has 1 aliphatic rings. The standard InChI is InChI=1S/C23H22F3NO3S/c1-29-22(9-11-30-12-10-22)17-3-2-4-18(14-17)31-19-6-7-20-16(13-19)5-8-21(28)27(20)15-23(24,25)26/h2-8,13-14H,9-12,15H2,1H3. The van der Waals surface area contributed by atoms with Crippen LogP contribution in [0.3, 0.4) is 0 Å². The summed E-state index contributed by atoms with van der Waals surface area (Å²) < 4.78 is 50.8.